The van der Waals surface area contributed by atoms with Crippen molar-refractivity contribution in [3.8, 4) is 0 Å². The highest BCUT2D eigenvalue weighted by Gasteiger charge is 2.15. The molecule has 0 aliphatic carbocycles. The summed E-state index contributed by atoms with van der Waals surface area (Å²) in [7, 11) is 3.66. The van der Waals surface area contributed by atoms with Crippen molar-refractivity contribution in [1.29, 1.82) is 0 Å². The Morgan fingerprint density at radius 3 is 2.57 bits per heavy atom. The highest BCUT2D eigenvalue weighted by molar-refractivity contribution is 4.72. The second kappa shape index (κ2) is 1.80. The lowest BCUT2D eigenvalue weighted by Crippen LogP contribution is -2.13. The Morgan fingerprint density at radius 1 is 1.71 bits per heavy atom. The number of likely N-dealkylation sites (tertiary alicyclic amines) is 1. The van der Waals surface area contributed by atoms with Gasteiger partial charge in [-0.3, -0.25) is 4.90 Å². The topological polar surface area (TPSA) is 23.5 Å². The molecule has 41 valence electrons. The highest BCUT2D eigenvalue weighted by atomic mass is 16.3. The van der Waals surface area contributed by atoms with Crippen LogP contribution < -0.4 is 0 Å². The average Bonchev–Trinajstić information content (AvgIpc) is 1.87. The molecule has 0 spiro atoms. The molecule has 7 heavy (non-hydrogen) atoms. The predicted octanol–water partition coefficient (Wildman–Crippen LogP) is -0.155. The first-order valence-corrected chi connectivity index (χ1v) is 2.52. The number of nitrogens with zero attached hydrogens (tertiary/aromatic N) is 1. The van der Waals surface area contributed by atoms with Crippen LogP contribution in [0.3, 0.4) is 0 Å². The van der Waals surface area contributed by atoms with Gasteiger partial charge < -0.3 is 5.11 Å². The summed E-state index contributed by atoms with van der Waals surface area (Å²) in [5.74, 6) is 0. The van der Waals surface area contributed by atoms with Crippen molar-refractivity contribution in [2.45, 2.75) is 12.5 Å². The third-order valence-electron chi connectivity index (χ3n) is 1.25. The molecule has 2 nitrogen and oxygen atoms in total. The largest absolute Gasteiger partial charge is 0.392 e. The summed E-state index contributed by atoms with van der Waals surface area (Å²) >= 11 is 0. The fourth-order valence-electron chi connectivity index (χ4n) is 0.812. The maximum atomic E-state index is 8.82. The molecule has 1 fully saturated rings. The van der Waals surface area contributed by atoms with Crippen LogP contribution in [-0.2, 0) is 0 Å². The van der Waals surface area contributed by atoms with E-state index >= 15 is 0 Å². The van der Waals surface area contributed by atoms with Crippen molar-refractivity contribution < 1.29 is 5.11 Å². The molecule has 1 unspecified atom stereocenters. The molecule has 0 aromatic rings. The van der Waals surface area contributed by atoms with Crippen LogP contribution in [0.15, 0.2) is 0 Å². The van der Waals surface area contributed by atoms with Gasteiger partial charge in [-0.2, -0.15) is 0 Å². The number of hydrogen-bond acceptors (Lipinski definition) is 2. The molecule has 2 heteroatoms. The highest BCUT2D eigenvalue weighted by Crippen LogP contribution is 2.05. The minimum absolute atomic E-state index is 0.113. The van der Waals surface area contributed by atoms with E-state index in [1.54, 1.807) is 0 Å². The fraction of sp³-hybridized carbons (Fsp3) is 0.800. The molecular formula is C5H10NO. The molecule has 1 radical (unpaired) electrons. The lowest BCUT2D eigenvalue weighted by Gasteiger charge is -2.02. The third-order valence-corrected chi connectivity index (χ3v) is 1.25. The molecular weight excluding hydrogens is 90.1 g/mol. The zero-order valence-electron chi connectivity index (χ0n) is 4.30. The van der Waals surface area contributed by atoms with Crippen LogP contribution in [0, 0.1) is 7.05 Å². The van der Waals surface area contributed by atoms with E-state index in [0.717, 1.165) is 19.5 Å². The summed E-state index contributed by atoms with van der Waals surface area (Å²) in [5, 5.41) is 8.82. The first kappa shape index (κ1) is 5.06. The first-order chi connectivity index (χ1) is 3.29. The van der Waals surface area contributed by atoms with Crippen LogP contribution in [0.2, 0.25) is 0 Å². The Morgan fingerprint density at radius 2 is 2.43 bits per heavy atom. The zero-order valence-corrected chi connectivity index (χ0v) is 4.30. The Kier molecular flexibility index (Phi) is 1.30. The monoisotopic (exact) mass is 100 g/mol. The third kappa shape index (κ3) is 1.14. The molecule has 1 heterocycles. The standard InChI is InChI=1S/C5H10NO/c1-6-3-2-5(7)4-6/h5,7H,1-4H2. The van der Waals surface area contributed by atoms with Crippen molar-refractivity contribution >= 4 is 0 Å². The van der Waals surface area contributed by atoms with E-state index in [4.69, 9.17) is 5.11 Å². The minimum Gasteiger partial charge on any atom is -0.392 e. The predicted molar refractivity (Wildman–Crippen MR) is 27.6 cm³/mol. The summed E-state index contributed by atoms with van der Waals surface area (Å²) in [4.78, 5) is 1.88. The van der Waals surface area contributed by atoms with Crippen molar-refractivity contribution in [2.75, 3.05) is 13.1 Å². The zero-order chi connectivity index (χ0) is 5.28. The smallest absolute Gasteiger partial charge is 0.0679 e. The number of rotatable bonds is 0. The van der Waals surface area contributed by atoms with E-state index in [1.165, 1.54) is 0 Å². The summed E-state index contributed by atoms with van der Waals surface area (Å²) < 4.78 is 0. The van der Waals surface area contributed by atoms with Crippen LogP contribution >= 0.6 is 0 Å². The molecule has 0 saturated carbocycles. The van der Waals surface area contributed by atoms with Gasteiger partial charge in [0.25, 0.3) is 0 Å². The summed E-state index contributed by atoms with van der Waals surface area (Å²) in [5.41, 5.74) is 0. The van der Waals surface area contributed by atoms with Crippen molar-refractivity contribution in [3.05, 3.63) is 7.05 Å². The first-order valence-electron chi connectivity index (χ1n) is 2.52. The number of aliphatic hydroxyl groups is 1. The van der Waals surface area contributed by atoms with Gasteiger partial charge in [0.1, 0.15) is 0 Å². The fourth-order valence-corrected chi connectivity index (χ4v) is 0.812. The van der Waals surface area contributed by atoms with E-state index in [9.17, 15) is 0 Å². The molecule has 0 aromatic carbocycles. The van der Waals surface area contributed by atoms with Gasteiger partial charge in [-0.05, 0) is 6.42 Å². The molecule has 0 aromatic heterocycles. The molecule has 0 amide bonds. The maximum absolute atomic E-state index is 8.82. The minimum atomic E-state index is -0.113. The molecule has 1 aliphatic rings. The van der Waals surface area contributed by atoms with Crippen LogP contribution in [0.1, 0.15) is 6.42 Å². The van der Waals surface area contributed by atoms with Crippen LogP contribution in [0.25, 0.3) is 0 Å². The summed E-state index contributed by atoms with van der Waals surface area (Å²) in [6.07, 6.45) is 0.779. The Hall–Kier alpha value is -0.0800. The van der Waals surface area contributed by atoms with Crippen molar-refractivity contribution in [2.24, 2.45) is 0 Å². The second-order valence-corrected chi connectivity index (χ2v) is 2.02. The lowest BCUT2D eigenvalue weighted by atomic mass is 10.3. The van der Waals surface area contributed by atoms with Gasteiger partial charge in [0.2, 0.25) is 0 Å². The van der Waals surface area contributed by atoms with E-state index in [-0.39, 0.29) is 6.10 Å². The molecule has 1 atom stereocenters. The summed E-state index contributed by atoms with van der Waals surface area (Å²) in [6, 6.07) is 0. The molecule has 1 rings (SSSR count). The van der Waals surface area contributed by atoms with Gasteiger partial charge in [-0.1, -0.05) is 0 Å². The quantitative estimate of drug-likeness (QED) is 0.457. The van der Waals surface area contributed by atoms with Gasteiger partial charge in [0.15, 0.2) is 0 Å². The van der Waals surface area contributed by atoms with Gasteiger partial charge in [-0.25, -0.2) is 0 Å². The van der Waals surface area contributed by atoms with E-state index in [0.29, 0.717) is 0 Å². The van der Waals surface area contributed by atoms with Gasteiger partial charge >= 0.3 is 0 Å². The van der Waals surface area contributed by atoms with E-state index in [1.807, 2.05) is 4.90 Å². The number of aliphatic hydroxyl groups excluding tert-OH is 1. The van der Waals surface area contributed by atoms with Crippen LogP contribution in [0.5, 0.6) is 0 Å². The van der Waals surface area contributed by atoms with E-state index < -0.39 is 0 Å². The van der Waals surface area contributed by atoms with Crippen LogP contribution in [-0.4, -0.2) is 29.2 Å². The van der Waals surface area contributed by atoms with Gasteiger partial charge in [0, 0.05) is 20.1 Å². The number of β-amino-alcohol motifs (C(OH)–C–C–N with tert-alkyl or cyclic N) is 1. The maximum Gasteiger partial charge on any atom is 0.0679 e. The SMILES string of the molecule is [CH2]N1CCC(O)C1. The number of hydrogen-bond donors (Lipinski definition) is 1. The average molecular weight is 100 g/mol. The molecule has 0 bridgehead atoms. The second-order valence-electron chi connectivity index (χ2n) is 2.02. The van der Waals surface area contributed by atoms with Gasteiger partial charge in [0.05, 0.1) is 6.10 Å². The molecule has 1 N–H and O–H groups in total. The normalized spacial score (nSPS) is 34.3. The summed E-state index contributed by atoms with van der Waals surface area (Å²) in [6.45, 7) is 1.70. The van der Waals surface area contributed by atoms with Crippen molar-refractivity contribution in [3.63, 3.8) is 0 Å². The lowest BCUT2D eigenvalue weighted by molar-refractivity contribution is 0.185. The van der Waals surface area contributed by atoms with Crippen LogP contribution in [0.4, 0.5) is 0 Å². The van der Waals surface area contributed by atoms with Gasteiger partial charge in [-0.15, -0.1) is 0 Å². The molecule has 1 aliphatic heterocycles. The Bertz CT molecular complexity index is 57.1. The Balaban J connectivity index is 2.26. The van der Waals surface area contributed by atoms with Crippen molar-refractivity contribution in [1.82, 2.24) is 4.90 Å². The molecule has 1 saturated heterocycles. The Labute approximate surface area is 43.7 Å². The van der Waals surface area contributed by atoms with E-state index in [2.05, 4.69) is 7.05 Å².